The van der Waals surface area contributed by atoms with E-state index in [0.29, 0.717) is 5.75 Å². The molecule has 0 aliphatic carbocycles. The third kappa shape index (κ3) is 6.02. The summed E-state index contributed by atoms with van der Waals surface area (Å²) in [6, 6.07) is 0. The SMILES string of the molecule is CCCSCC(C)=O. The van der Waals surface area contributed by atoms with Crippen molar-refractivity contribution in [3.8, 4) is 0 Å². The van der Waals surface area contributed by atoms with Gasteiger partial charge in [0.2, 0.25) is 0 Å². The summed E-state index contributed by atoms with van der Waals surface area (Å²) in [7, 11) is 0. The summed E-state index contributed by atoms with van der Waals surface area (Å²) in [5, 5.41) is 0. The molecular formula is C6H12OS. The predicted molar refractivity (Wildman–Crippen MR) is 38.3 cm³/mol. The van der Waals surface area contributed by atoms with E-state index in [2.05, 4.69) is 6.92 Å². The molecule has 0 N–H and O–H groups in total. The van der Waals surface area contributed by atoms with Crippen molar-refractivity contribution in [3.63, 3.8) is 0 Å². The number of thioether (sulfide) groups is 1. The fraction of sp³-hybridized carbons (Fsp3) is 0.833. The maximum atomic E-state index is 10.3. The Morgan fingerprint density at radius 2 is 2.25 bits per heavy atom. The van der Waals surface area contributed by atoms with Gasteiger partial charge >= 0.3 is 0 Å². The number of rotatable bonds is 4. The summed E-state index contributed by atoms with van der Waals surface area (Å²) in [4.78, 5) is 10.3. The van der Waals surface area contributed by atoms with Crippen molar-refractivity contribution in [2.75, 3.05) is 11.5 Å². The molecule has 0 bridgehead atoms. The summed E-state index contributed by atoms with van der Waals surface area (Å²) in [6.45, 7) is 3.75. The molecule has 0 aromatic carbocycles. The summed E-state index contributed by atoms with van der Waals surface area (Å²) in [5.74, 6) is 2.08. The first-order valence-electron chi connectivity index (χ1n) is 2.84. The average Bonchev–Trinajstić information content (AvgIpc) is 1.66. The Balaban J connectivity index is 2.82. The minimum atomic E-state index is 0.281. The van der Waals surface area contributed by atoms with E-state index in [-0.39, 0.29) is 5.78 Å². The fourth-order valence-corrected chi connectivity index (χ4v) is 1.08. The molecule has 0 aliphatic rings. The van der Waals surface area contributed by atoms with Crippen LogP contribution in [0.15, 0.2) is 0 Å². The zero-order chi connectivity index (χ0) is 6.41. The van der Waals surface area contributed by atoms with Crippen LogP contribution in [0.2, 0.25) is 0 Å². The molecule has 0 heterocycles. The van der Waals surface area contributed by atoms with Crippen molar-refractivity contribution in [2.24, 2.45) is 0 Å². The lowest BCUT2D eigenvalue weighted by Gasteiger charge is -1.91. The first kappa shape index (κ1) is 8.02. The van der Waals surface area contributed by atoms with Crippen LogP contribution in [0.1, 0.15) is 20.3 Å². The van der Waals surface area contributed by atoms with E-state index in [9.17, 15) is 4.79 Å². The Hall–Kier alpha value is 0.0200. The van der Waals surface area contributed by atoms with Crippen molar-refractivity contribution < 1.29 is 4.79 Å². The van der Waals surface area contributed by atoms with Crippen molar-refractivity contribution in [2.45, 2.75) is 20.3 Å². The number of carbonyl (C=O) groups is 1. The van der Waals surface area contributed by atoms with Crippen LogP contribution in [0.5, 0.6) is 0 Å². The van der Waals surface area contributed by atoms with Gasteiger partial charge in [0, 0.05) is 0 Å². The molecular weight excluding hydrogens is 120 g/mol. The van der Waals surface area contributed by atoms with Gasteiger partial charge in [0.15, 0.2) is 0 Å². The second kappa shape index (κ2) is 5.16. The molecule has 48 valence electrons. The monoisotopic (exact) mass is 132 g/mol. The summed E-state index contributed by atoms with van der Waals surface area (Å²) in [6.07, 6.45) is 1.16. The summed E-state index contributed by atoms with van der Waals surface area (Å²) >= 11 is 1.71. The van der Waals surface area contributed by atoms with E-state index in [1.54, 1.807) is 18.7 Å². The molecule has 0 atom stereocenters. The van der Waals surface area contributed by atoms with E-state index >= 15 is 0 Å². The number of Topliss-reactive ketones (excluding diaryl/α,β-unsaturated/α-hetero) is 1. The Kier molecular flexibility index (Phi) is 5.18. The number of hydrogen-bond donors (Lipinski definition) is 0. The normalized spacial score (nSPS) is 9.25. The quantitative estimate of drug-likeness (QED) is 0.542. The molecule has 0 rings (SSSR count). The molecule has 0 aliphatic heterocycles. The van der Waals surface area contributed by atoms with Gasteiger partial charge in [0.1, 0.15) is 5.78 Å². The van der Waals surface area contributed by atoms with Crippen LogP contribution in [0.4, 0.5) is 0 Å². The minimum absolute atomic E-state index is 0.281. The fourth-order valence-electron chi connectivity index (χ4n) is 0.360. The van der Waals surface area contributed by atoms with Crippen molar-refractivity contribution in [1.29, 1.82) is 0 Å². The van der Waals surface area contributed by atoms with Crippen LogP contribution in [0.25, 0.3) is 0 Å². The average molecular weight is 132 g/mol. The van der Waals surface area contributed by atoms with E-state index in [1.807, 2.05) is 0 Å². The van der Waals surface area contributed by atoms with Gasteiger partial charge in [-0.25, -0.2) is 0 Å². The predicted octanol–water partition coefficient (Wildman–Crippen LogP) is 1.72. The van der Waals surface area contributed by atoms with Gasteiger partial charge < -0.3 is 0 Å². The van der Waals surface area contributed by atoms with Crippen LogP contribution in [-0.2, 0) is 4.79 Å². The molecule has 0 saturated heterocycles. The van der Waals surface area contributed by atoms with Gasteiger partial charge in [-0.1, -0.05) is 6.92 Å². The van der Waals surface area contributed by atoms with E-state index < -0.39 is 0 Å². The Morgan fingerprint density at radius 1 is 1.62 bits per heavy atom. The highest BCUT2D eigenvalue weighted by Gasteiger charge is 1.89. The van der Waals surface area contributed by atoms with E-state index in [4.69, 9.17) is 0 Å². The second-order valence-corrected chi connectivity index (χ2v) is 2.86. The number of ketones is 1. The highest BCUT2D eigenvalue weighted by molar-refractivity contribution is 7.99. The summed E-state index contributed by atoms with van der Waals surface area (Å²) < 4.78 is 0. The standard InChI is InChI=1S/C6H12OS/c1-3-4-8-5-6(2)7/h3-5H2,1-2H3. The van der Waals surface area contributed by atoms with E-state index in [1.165, 1.54) is 0 Å². The molecule has 0 aromatic rings. The first-order valence-corrected chi connectivity index (χ1v) is 4.00. The lowest BCUT2D eigenvalue weighted by Crippen LogP contribution is -1.93. The molecule has 0 spiro atoms. The maximum absolute atomic E-state index is 10.3. The highest BCUT2D eigenvalue weighted by Crippen LogP contribution is 2.00. The number of hydrogen-bond acceptors (Lipinski definition) is 2. The largest absolute Gasteiger partial charge is 0.299 e. The third-order valence-electron chi connectivity index (χ3n) is 0.654. The van der Waals surface area contributed by atoms with Gasteiger partial charge in [0.25, 0.3) is 0 Å². The van der Waals surface area contributed by atoms with Crippen molar-refractivity contribution in [1.82, 2.24) is 0 Å². The zero-order valence-corrected chi connectivity index (χ0v) is 6.25. The molecule has 2 heteroatoms. The maximum Gasteiger partial charge on any atom is 0.139 e. The molecule has 0 radical (unpaired) electrons. The molecule has 0 saturated carbocycles. The van der Waals surface area contributed by atoms with Crippen LogP contribution >= 0.6 is 11.8 Å². The smallest absolute Gasteiger partial charge is 0.139 e. The van der Waals surface area contributed by atoms with Crippen LogP contribution in [0.3, 0.4) is 0 Å². The zero-order valence-electron chi connectivity index (χ0n) is 5.44. The molecule has 1 nitrogen and oxygen atoms in total. The Morgan fingerprint density at radius 3 is 2.62 bits per heavy atom. The lowest BCUT2D eigenvalue weighted by molar-refractivity contribution is -0.114. The molecule has 0 aromatic heterocycles. The topological polar surface area (TPSA) is 17.1 Å². The highest BCUT2D eigenvalue weighted by atomic mass is 32.2. The molecule has 0 unspecified atom stereocenters. The minimum Gasteiger partial charge on any atom is -0.299 e. The Labute approximate surface area is 54.8 Å². The molecule has 0 amide bonds. The van der Waals surface area contributed by atoms with Gasteiger partial charge in [0.05, 0.1) is 5.75 Å². The van der Waals surface area contributed by atoms with Gasteiger partial charge in [-0.15, -0.1) is 0 Å². The van der Waals surface area contributed by atoms with Gasteiger partial charge in [-0.3, -0.25) is 4.79 Å². The van der Waals surface area contributed by atoms with Crippen LogP contribution in [-0.4, -0.2) is 17.3 Å². The Bertz CT molecular complexity index is 70.9. The van der Waals surface area contributed by atoms with Gasteiger partial charge in [-0.2, -0.15) is 11.8 Å². The van der Waals surface area contributed by atoms with Crippen LogP contribution in [0, 0.1) is 0 Å². The molecule has 0 fully saturated rings. The van der Waals surface area contributed by atoms with Crippen molar-refractivity contribution >= 4 is 17.5 Å². The van der Waals surface area contributed by atoms with E-state index in [0.717, 1.165) is 12.2 Å². The molecule has 8 heavy (non-hydrogen) atoms. The summed E-state index contributed by atoms with van der Waals surface area (Å²) in [5.41, 5.74) is 0. The van der Waals surface area contributed by atoms with Crippen molar-refractivity contribution in [3.05, 3.63) is 0 Å². The van der Waals surface area contributed by atoms with Crippen LogP contribution < -0.4 is 0 Å². The first-order chi connectivity index (χ1) is 3.77. The second-order valence-electron chi connectivity index (χ2n) is 1.75. The van der Waals surface area contributed by atoms with Gasteiger partial charge in [-0.05, 0) is 19.1 Å². The lowest BCUT2D eigenvalue weighted by atomic mass is 10.5. The third-order valence-corrected chi connectivity index (χ3v) is 1.96. The number of carbonyl (C=O) groups excluding carboxylic acids is 1.